The molecule has 0 saturated heterocycles. The van der Waals surface area contributed by atoms with Gasteiger partial charge in [0.1, 0.15) is 11.4 Å². The Morgan fingerprint density at radius 1 is 1.05 bits per heavy atom. The first-order valence-electron chi connectivity index (χ1n) is 6.68. The normalized spacial score (nSPS) is 14.1. The van der Waals surface area contributed by atoms with Gasteiger partial charge in [0.05, 0.1) is 0 Å². The summed E-state index contributed by atoms with van der Waals surface area (Å²) in [5.74, 6) is -0.367. The van der Waals surface area contributed by atoms with E-state index in [1.54, 1.807) is 18.2 Å². The van der Waals surface area contributed by atoms with E-state index in [-0.39, 0.29) is 5.82 Å². The molecule has 2 aromatic carbocycles. The van der Waals surface area contributed by atoms with Crippen molar-refractivity contribution in [2.75, 3.05) is 0 Å². The van der Waals surface area contributed by atoms with E-state index in [1.165, 1.54) is 6.07 Å². The lowest BCUT2D eigenvalue weighted by atomic mass is 9.83. The van der Waals surface area contributed by atoms with Crippen LogP contribution in [0.5, 0.6) is 0 Å². The van der Waals surface area contributed by atoms with Gasteiger partial charge in [-0.2, -0.15) is 0 Å². The van der Waals surface area contributed by atoms with Crippen molar-refractivity contribution in [1.82, 2.24) is 0 Å². The van der Waals surface area contributed by atoms with E-state index in [0.29, 0.717) is 12.0 Å². The van der Waals surface area contributed by atoms with Gasteiger partial charge in [-0.25, -0.2) is 4.39 Å². The number of hydrogen-bond acceptors (Lipinski definition) is 1. The topological polar surface area (TPSA) is 20.2 Å². The highest BCUT2D eigenvalue weighted by Crippen LogP contribution is 2.34. The Labute approximate surface area is 113 Å². The summed E-state index contributed by atoms with van der Waals surface area (Å²) in [7, 11) is 0. The molecule has 1 atom stereocenters. The van der Waals surface area contributed by atoms with Crippen LogP contribution in [0.4, 0.5) is 4.39 Å². The number of rotatable bonds is 4. The fourth-order valence-electron chi connectivity index (χ4n) is 2.40. The zero-order valence-corrected chi connectivity index (χ0v) is 11.4. The van der Waals surface area contributed by atoms with Crippen LogP contribution in [0.2, 0.25) is 0 Å². The van der Waals surface area contributed by atoms with Crippen LogP contribution in [0, 0.1) is 5.82 Å². The van der Waals surface area contributed by atoms with Crippen LogP contribution in [-0.4, -0.2) is 5.11 Å². The molecule has 2 aromatic rings. The maximum absolute atomic E-state index is 14.0. The highest BCUT2D eigenvalue weighted by molar-refractivity contribution is 5.38. The molecule has 0 amide bonds. The zero-order chi connectivity index (χ0) is 13.9. The molecule has 0 aliphatic heterocycles. The Kier molecular flexibility index (Phi) is 4.01. The predicted molar refractivity (Wildman–Crippen MR) is 75.5 cm³/mol. The number of aliphatic hydroxyl groups is 1. The van der Waals surface area contributed by atoms with Gasteiger partial charge in [0.15, 0.2) is 0 Å². The summed E-state index contributed by atoms with van der Waals surface area (Å²) in [6.45, 7) is 3.93. The molecule has 0 saturated carbocycles. The zero-order valence-electron chi connectivity index (χ0n) is 11.4. The van der Waals surface area contributed by atoms with Gasteiger partial charge in [0.2, 0.25) is 0 Å². The van der Waals surface area contributed by atoms with Gasteiger partial charge in [0.25, 0.3) is 0 Å². The second-order valence-corrected chi connectivity index (χ2v) is 4.75. The van der Waals surface area contributed by atoms with Gasteiger partial charge in [-0.05, 0) is 30.0 Å². The second-order valence-electron chi connectivity index (χ2n) is 4.75. The SMILES string of the molecule is CCc1cccc(C(O)(CC)c2ccccc2F)c1. The van der Waals surface area contributed by atoms with Gasteiger partial charge >= 0.3 is 0 Å². The lowest BCUT2D eigenvalue weighted by Gasteiger charge is -2.28. The minimum atomic E-state index is -1.27. The van der Waals surface area contributed by atoms with Crippen LogP contribution in [0.3, 0.4) is 0 Å². The van der Waals surface area contributed by atoms with E-state index in [1.807, 2.05) is 31.2 Å². The third-order valence-electron chi connectivity index (χ3n) is 3.64. The fraction of sp³-hybridized carbons (Fsp3) is 0.294. The van der Waals surface area contributed by atoms with Crippen molar-refractivity contribution in [3.63, 3.8) is 0 Å². The lowest BCUT2D eigenvalue weighted by Crippen LogP contribution is -2.27. The summed E-state index contributed by atoms with van der Waals surface area (Å²) in [6, 6.07) is 14.2. The molecule has 0 aliphatic carbocycles. The Hall–Kier alpha value is -1.67. The molecular formula is C17H19FO. The third kappa shape index (κ3) is 2.54. The van der Waals surface area contributed by atoms with Crippen molar-refractivity contribution < 1.29 is 9.50 Å². The average molecular weight is 258 g/mol. The van der Waals surface area contributed by atoms with Crippen LogP contribution in [0.1, 0.15) is 37.0 Å². The molecule has 0 radical (unpaired) electrons. The number of hydrogen-bond donors (Lipinski definition) is 1. The van der Waals surface area contributed by atoms with Gasteiger partial charge in [0, 0.05) is 5.56 Å². The van der Waals surface area contributed by atoms with Crippen LogP contribution < -0.4 is 0 Å². The monoisotopic (exact) mass is 258 g/mol. The Bertz CT molecular complexity index is 565. The molecule has 0 bridgehead atoms. The second kappa shape index (κ2) is 5.54. The molecule has 19 heavy (non-hydrogen) atoms. The number of halogens is 1. The first-order valence-corrected chi connectivity index (χ1v) is 6.68. The maximum Gasteiger partial charge on any atom is 0.129 e. The first kappa shape index (κ1) is 13.8. The lowest BCUT2D eigenvalue weighted by molar-refractivity contribution is 0.0725. The molecule has 1 nitrogen and oxygen atoms in total. The highest BCUT2D eigenvalue weighted by atomic mass is 19.1. The molecule has 0 aromatic heterocycles. The Balaban J connectivity index is 2.56. The molecule has 0 heterocycles. The summed E-state index contributed by atoms with van der Waals surface area (Å²) in [5.41, 5.74) is 0.960. The van der Waals surface area contributed by atoms with E-state index in [9.17, 15) is 9.50 Å². The van der Waals surface area contributed by atoms with Crippen LogP contribution in [0.25, 0.3) is 0 Å². The minimum absolute atomic E-state index is 0.339. The number of aryl methyl sites for hydroxylation is 1. The third-order valence-corrected chi connectivity index (χ3v) is 3.64. The largest absolute Gasteiger partial charge is 0.380 e. The summed E-state index contributed by atoms with van der Waals surface area (Å²) in [6.07, 6.45) is 1.33. The predicted octanol–water partition coefficient (Wildman–Crippen LogP) is 4.03. The van der Waals surface area contributed by atoms with Crippen molar-refractivity contribution >= 4 is 0 Å². The van der Waals surface area contributed by atoms with E-state index in [4.69, 9.17) is 0 Å². The molecule has 0 spiro atoms. The van der Waals surface area contributed by atoms with Crippen molar-refractivity contribution in [1.29, 1.82) is 0 Å². The van der Waals surface area contributed by atoms with Crippen molar-refractivity contribution in [3.8, 4) is 0 Å². The van der Waals surface area contributed by atoms with E-state index < -0.39 is 5.60 Å². The van der Waals surface area contributed by atoms with Crippen molar-refractivity contribution in [2.45, 2.75) is 32.3 Å². The average Bonchev–Trinajstić information content (AvgIpc) is 2.47. The fourth-order valence-corrected chi connectivity index (χ4v) is 2.40. The highest BCUT2D eigenvalue weighted by Gasteiger charge is 2.32. The smallest absolute Gasteiger partial charge is 0.129 e. The van der Waals surface area contributed by atoms with Crippen molar-refractivity contribution in [3.05, 3.63) is 71.0 Å². The van der Waals surface area contributed by atoms with Gasteiger partial charge in [-0.1, -0.05) is 56.3 Å². The van der Waals surface area contributed by atoms with Gasteiger partial charge in [-0.3, -0.25) is 0 Å². The number of benzene rings is 2. The summed E-state index contributed by atoms with van der Waals surface area (Å²) in [5, 5.41) is 10.9. The van der Waals surface area contributed by atoms with E-state index in [0.717, 1.165) is 17.5 Å². The summed E-state index contributed by atoms with van der Waals surface area (Å²) < 4.78 is 14.0. The summed E-state index contributed by atoms with van der Waals surface area (Å²) >= 11 is 0. The molecule has 0 aliphatic rings. The molecular weight excluding hydrogens is 239 g/mol. The van der Waals surface area contributed by atoms with Gasteiger partial charge in [-0.15, -0.1) is 0 Å². The van der Waals surface area contributed by atoms with Crippen LogP contribution in [0.15, 0.2) is 48.5 Å². The first-order chi connectivity index (χ1) is 9.11. The standard InChI is InChI=1S/C17H19FO/c1-3-13-8-7-9-14(12-13)17(19,4-2)15-10-5-6-11-16(15)18/h5-12,19H,3-4H2,1-2H3. The molecule has 1 unspecified atom stereocenters. The Morgan fingerprint density at radius 2 is 1.79 bits per heavy atom. The van der Waals surface area contributed by atoms with Crippen molar-refractivity contribution in [2.24, 2.45) is 0 Å². The molecule has 1 N–H and O–H groups in total. The van der Waals surface area contributed by atoms with E-state index in [2.05, 4.69) is 6.92 Å². The quantitative estimate of drug-likeness (QED) is 0.877. The summed E-state index contributed by atoms with van der Waals surface area (Å²) in [4.78, 5) is 0. The van der Waals surface area contributed by atoms with E-state index >= 15 is 0 Å². The molecule has 2 rings (SSSR count). The molecule has 0 fully saturated rings. The minimum Gasteiger partial charge on any atom is -0.380 e. The molecule has 100 valence electrons. The maximum atomic E-state index is 14.0. The molecule has 2 heteroatoms. The van der Waals surface area contributed by atoms with Crippen LogP contribution >= 0.6 is 0 Å². The Morgan fingerprint density at radius 3 is 2.42 bits per heavy atom. The van der Waals surface area contributed by atoms with Gasteiger partial charge < -0.3 is 5.11 Å². The van der Waals surface area contributed by atoms with Crippen LogP contribution in [-0.2, 0) is 12.0 Å².